The van der Waals surface area contributed by atoms with Crippen molar-refractivity contribution in [3.8, 4) is 5.75 Å². The van der Waals surface area contributed by atoms with E-state index in [2.05, 4.69) is 23.8 Å². The van der Waals surface area contributed by atoms with Crippen molar-refractivity contribution in [3.63, 3.8) is 0 Å². The van der Waals surface area contributed by atoms with Crippen LogP contribution in [0.2, 0.25) is 0 Å². The smallest absolute Gasteiger partial charge is 0.387 e. The van der Waals surface area contributed by atoms with Gasteiger partial charge in [-0.1, -0.05) is 38.3 Å². The molecule has 0 radical (unpaired) electrons. The molecule has 0 bridgehead atoms. The first-order valence-electron chi connectivity index (χ1n) is 12.1. The maximum atomic E-state index is 14.1. The Kier molecular flexibility index (Phi) is 9.28. The Morgan fingerprint density at radius 1 is 0.871 bits per heavy atom. The van der Waals surface area contributed by atoms with E-state index >= 15 is 0 Å². The van der Waals surface area contributed by atoms with Crippen LogP contribution in [0.25, 0.3) is 0 Å². The minimum Gasteiger partial charge on any atom is -0.429 e. The lowest BCUT2D eigenvalue weighted by Gasteiger charge is -2.38. The summed E-state index contributed by atoms with van der Waals surface area (Å²) in [6, 6.07) is 2.35. The molecule has 0 N–H and O–H groups in total. The molecule has 0 spiro atoms. The van der Waals surface area contributed by atoms with Crippen LogP contribution < -0.4 is 4.74 Å². The predicted molar refractivity (Wildman–Crippen MR) is 116 cm³/mol. The molecule has 1 aromatic carbocycles. The van der Waals surface area contributed by atoms with Crippen LogP contribution in [-0.4, -0.2) is 6.61 Å². The summed E-state index contributed by atoms with van der Waals surface area (Å²) >= 11 is 0. The Morgan fingerprint density at radius 3 is 1.97 bits per heavy atom. The van der Waals surface area contributed by atoms with Crippen LogP contribution in [0.1, 0.15) is 95.5 Å². The summed E-state index contributed by atoms with van der Waals surface area (Å²) in [5, 5.41) is 0. The molecule has 3 rings (SSSR count). The molecule has 2 aliphatic rings. The van der Waals surface area contributed by atoms with E-state index in [1.165, 1.54) is 63.5 Å². The second-order valence-corrected chi connectivity index (χ2v) is 9.42. The highest BCUT2D eigenvalue weighted by molar-refractivity contribution is 5.33. The third-order valence-electron chi connectivity index (χ3n) is 7.39. The lowest BCUT2D eigenvalue weighted by Crippen LogP contribution is -2.25. The van der Waals surface area contributed by atoms with Gasteiger partial charge in [-0.05, 0) is 99.2 Å². The van der Waals surface area contributed by atoms with Gasteiger partial charge in [0.1, 0.15) is 0 Å². The zero-order valence-corrected chi connectivity index (χ0v) is 18.6. The Hall–Kier alpha value is -1.52. The maximum Gasteiger partial charge on any atom is 0.387 e. The normalized spacial score (nSPS) is 27.2. The number of allylic oxidation sites excluding steroid dienone is 2. The van der Waals surface area contributed by atoms with Crippen molar-refractivity contribution in [2.75, 3.05) is 0 Å². The van der Waals surface area contributed by atoms with E-state index in [0.717, 1.165) is 37.5 Å². The summed E-state index contributed by atoms with van der Waals surface area (Å²) in [5.74, 6) is -0.627. The van der Waals surface area contributed by atoms with Crippen molar-refractivity contribution < 1.29 is 22.3 Å². The number of benzene rings is 1. The van der Waals surface area contributed by atoms with Crippen molar-refractivity contribution in [1.82, 2.24) is 0 Å². The minimum absolute atomic E-state index is 0.0899. The van der Waals surface area contributed by atoms with Gasteiger partial charge in [0, 0.05) is 0 Å². The number of halogens is 4. The first-order valence-corrected chi connectivity index (χ1v) is 12.1. The fourth-order valence-electron chi connectivity index (χ4n) is 5.62. The van der Waals surface area contributed by atoms with E-state index in [1.54, 1.807) is 0 Å². The van der Waals surface area contributed by atoms with Crippen molar-refractivity contribution in [1.29, 1.82) is 0 Å². The highest BCUT2D eigenvalue weighted by Gasteiger charge is 2.31. The molecule has 174 valence electrons. The van der Waals surface area contributed by atoms with Crippen molar-refractivity contribution >= 4 is 0 Å². The van der Waals surface area contributed by atoms with E-state index < -0.39 is 24.0 Å². The third-order valence-corrected chi connectivity index (χ3v) is 7.39. The summed E-state index contributed by atoms with van der Waals surface area (Å²) in [7, 11) is 0. The second-order valence-electron chi connectivity index (χ2n) is 9.42. The number of unbranched alkanes of at least 4 members (excludes halogenated alkanes) is 1. The van der Waals surface area contributed by atoms with Crippen molar-refractivity contribution in [2.24, 2.45) is 17.8 Å². The van der Waals surface area contributed by atoms with Gasteiger partial charge in [-0.2, -0.15) is 8.78 Å². The highest BCUT2D eigenvalue weighted by Crippen LogP contribution is 2.45. The fourth-order valence-corrected chi connectivity index (χ4v) is 5.62. The molecule has 2 fully saturated rings. The Labute approximate surface area is 184 Å². The Balaban J connectivity index is 1.44. The molecular weight excluding hydrogens is 404 g/mol. The number of ether oxygens (including phenoxy) is 1. The van der Waals surface area contributed by atoms with Crippen molar-refractivity contribution in [2.45, 2.75) is 96.5 Å². The van der Waals surface area contributed by atoms with Gasteiger partial charge in [0.2, 0.25) is 0 Å². The van der Waals surface area contributed by atoms with Gasteiger partial charge in [-0.25, -0.2) is 8.78 Å². The number of alkyl halides is 2. The fraction of sp³-hybridized carbons (Fsp3) is 0.692. The molecule has 0 aromatic heterocycles. The van der Waals surface area contributed by atoms with Gasteiger partial charge in [-0.15, -0.1) is 0 Å². The molecule has 2 aliphatic carbocycles. The van der Waals surface area contributed by atoms with Crippen LogP contribution in [-0.2, 0) is 0 Å². The van der Waals surface area contributed by atoms with E-state index in [9.17, 15) is 17.6 Å². The van der Waals surface area contributed by atoms with Crippen LogP contribution in [0.3, 0.4) is 0 Å². The molecular formula is C26H36F4O. The average Bonchev–Trinajstić information content (AvgIpc) is 2.76. The molecule has 0 saturated heterocycles. The van der Waals surface area contributed by atoms with E-state index in [4.69, 9.17) is 0 Å². The molecule has 5 heteroatoms. The van der Waals surface area contributed by atoms with Gasteiger partial charge in [0.25, 0.3) is 0 Å². The van der Waals surface area contributed by atoms with Crippen LogP contribution in [0.4, 0.5) is 17.6 Å². The third kappa shape index (κ3) is 6.98. The van der Waals surface area contributed by atoms with Crippen LogP contribution in [0.15, 0.2) is 24.3 Å². The summed E-state index contributed by atoms with van der Waals surface area (Å²) in [6.07, 6.45) is 18.8. The number of rotatable bonds is 9. The predicted octanol–water partition coefficient (Wildman–Crippen LogP) is 8.78. The van der Waals surface area contributed by atoms with E-state index in [-0.39, 0.29) is 5.92 Å². The molecule has 1 nitrogen and oxygen atoms in total. The van der Waals surface area contributed by atoms with Gasteiger partial charge in [-0.3, -0.25) is 0 Å². The zero-order chi connectivity index (χ0) is 22.2. The maximum absolute atomic E-state index is 14.1. The van der Waals surface area contributed by atoms with Crippen LogP contribution in [0, 0.1) is 29.4 Å². The summed E-state index contributed by atoms with van der Waals surface area (Å²) in [4.78, 5) is 0. The molecule has 1 aromatic rings. The first-order chi connectivity index (χ1) is 15.0. The van der Waals surface area contributed by atoms with Gasteiger partial charge in [0.05, 0.1) is 0 Å². The lowest BCUT2D eigenvalue weighted by atomic mass is 9.68. The largest absolute Gasteiger partial charge is 0.429 e. The van der Waals surface area contributed by atoms with Gasteiger partial charge >= 0.3 is 6.61 Å². The first kappa shape index (κ1) is 24.1. The van der Waals surface area contributed by atoms with Crippen molar-refractivity contribution in [3.05, 3.63) is 41.5 Å². The Morgan fingerprint density at radius 2 is 1.42 bits per heavy atom. The van der Waals surface area contributed by atoms with Gasteiger partial charge < -0.3 is 4.74 Å². The number of hydrogen-bond donors (Lipinski definition) is 0. The van der Waals surface area contributed by atoms with Crippen LogP contribution >= 0.6 is 0 Å². The molecule has 0 unspecified atom stereocenters. The SMILES string of the molecule is CCC/C=C/CCC1CCC(C2CCC(c3cc(F)c(OC(F)F)c(F)c3)CC2)CC1. The minimum atomic E-state index is -3.24. The summed E-state index contributed by atoms with van der Waals surface area (Å²) in [6.45, 7) is -1.03. The molecule has 31 heavy (non-hydrogen) atoms. The molecule has 0 atom stereocenters. The van der Waals surface area contributed by atoms with E-state index in [1.807, 2.05) is 0 Å². The highest BCUT2D eigenvalue weighted by atomic mass is 19.3. The molecule has 0 amide bonds. The summed E-state index contributed by atoms with van der Waals surface area (Å²) in [5.41, 5.74) is 0.565. The topological polar surface area (TPSA) is 9.23 Å². The van der Waals surface area contributed by atoms with Gasteiger partial charge in [0.15, 0.2) is 17.4 Å². The Bertz CT molecular complexity index is 678. The van der Waals surface area contributed by atoms with Crippen LogP contribution in [0.5, 0.6) is 5.75 Å². The van der Waals surface area contributed by atoms with E-state index in [0.29, 0.717) is 11.5 Å². The lowest BCUT2D eigenvalue weighted by molar-refractivity contribution is -0.0546. The molecule has 0 heterocycles. The quantitative estimate of drug-likeness (QED) is 0.275. The monoisotopic (exact) mass is 440 g/mol. The second kappa shape index (κ2) is 11.9. The average molecular weight is 441 g/mol. The molecule has 0 aliphatic heterocycles. The zero-order valence-electron chi connectivity index (χ0n) is 18.6. The number of hydrogen-bond acceptors (Lipinski definition) is 1. The standard InChI is InChI=1S/C26H36F4O/c1-2-3-4-5-6-7-18-8-10-19(11-9-18)20-12-14-21(15-13-20)22-16-23(27)25(24(28)17-22)31-26(29)30/h4-5,16-21,26H,2-3,6-15H2,1H3/b5-4+. The summed E-state index contributed by atoms with van der Waals surface area (Å²) < 4.78 is 56.8. The molecule has 2 saturated carbocycles.